The zero-order chi connectivity index (χ0) is 14.3. The van der Waals surface area contributed by atoms with Crippen molar-refractivity contribution in [1.82, 2.24) is 4.90 Å². The van der Waals surface area contributed by atoms with Crippen molar-refractivity contribution in [1.29, 1.82) is 0 Å². The van der Waals surface area contributed by atoms with Gasteiger partial charge in [0, 0.05) is 18.2 Å². The van der Waals surface area contributed by atoms with Gasteiger partial charge in [0.15, 0.2) is 5.79 Å². The largest absolute Gasteiger partial charge is 0.419 e. The SMILES string of the molecule is CCCCC1=CC2=C[C@@H]3OC(C)(C)O[C@@H]3CN2C(=O)O1. The lowest BCUT2D eigenvalue weighted by Gasteiger charge is -2.34. The minimum Gasteiger partial charge on any atom is -0.414 e. The standard InChI is InChI=1S/C15H21NO4/c1-4-5-6-11-7-10-8-12-13(20-15(2,3)19-12)9-16(10)14(17)18-11/h7-8,12-13H,4-6,9H2,1-3H3/t12-,13+/m0/s1. The molecule has 1 saturated heterocycles. The number of amides is 1. The molecule has 5 nitrogen and oxygen atoms in total. The highest BCUT2D eigenvalue weighted by Gasteiger charge is 2.45. The van der Waals surface area contributed by atoms with Crippen molar-refractivity contribution in [2.45, 2.75) is 58.0 Å². The number of cyclic esters (lactones) is 1. The molecule has 3 aliphatic rings. The lowest BCUT2D eigenvalue weighted by molar-refractivity contribution is -0.142. The Morgan fingerprint density at radius 3 is 2.95 bits per heavy atom. The molecule has 5 heteroatoms. The number of allylic oxidation sites excluding steroid dienone is 2. The monoisotopic (exact) mass is 279 g/mol. The first kappa shape index (κ1) is 13.6. The summed E-state index contributed by atoms with van der Waals surface area (Å²) in [7, 11) is 0. The third kappa shape index (κ3) is 2.47. The average Bonchev–Trinajstić information content (AvgIpc) is 2.67. The second kappa shape index (κ2) is 4.90. The maximum Gasteiger partial charge on any atom is 0.419 e. The van der Waals surface area contributed by atoms with Crippen LogP contribution in [0.1, 0.15) is 40.0 Å². The number of unbranched alkanes of at least 4 members (excludes halogenated alkanes) is 1. The summed E-state index contributed by atoms with van der Waals surface area (Å²) in [5.41, 5.74) is 0.870. The molecule has 0 spiro atoms. The summed E-state index contributed by atoms with van der Waals surface area (Å²) in [5.74, 6) is 0.149. The number of hydrogen-bond donors (Lipinski definition) is 0. The van der Waals surface area contributed by atoms with Gasteiger partial charge in [-0.05, 0) is 26.3 Å². The van der Waals surface area contributed by atoms with Crippen LogP contribution < -0.4 is 0 Å². The second-order valence-corrected chi connectivity index (χ2v) is 5.92. The Balaban J connectivity index is 1.82. The molecule has 0 radical (unpaired) electrons. The average molecular weight is 279 g/mol. The summed E-state index contributed by atoms with van der Waals surface area (Å²) in [6, 6.07) is 0. The number of fused-ring (bicyclic) bond motifs is 2. The zero-order valence-corrected chi connectivity index (χ0v) is 12.2. The van der Waals surface area contributed by atoms with Gasteiger partial charge >= 0.3 is 6.09 Å². The van der Waals surface area contributed by atoms with Gasteiger partial charge in [0.2, 0.25) is 0 Å². The molecule has 0 N–H and O–H groups in total. The maximum absolute atomic E-state index is 12.1. The van der Waals surface area contributed by atoms with Crippen LogP contribution in [0.2, 0.25) is 0 Å². The maximum atomic E-state index is 12.1. The molecule has 3 heterocycles. The number of hydrogen-bond acceptors (Lipinski definition) is 4. The van der Waals surface area contributed by atoms with Gasteiger partial charge in [0.1, 0.15) is 18.0 Å². The Bertz CT molecular complexity index is 480. The minimum absolute atomic E-state index is 0.0918. The summed E-state index contributed by atoms with van der Waals surface area (Å²) in [4.78, 5) is 13.7. The topological polar surface area (TPSA) is 48.0 Å². The van der Waals surface area contributed by atoms with Crippen molar-refractivity contribution >= 4 is 6.09 Å². The van der Waals surface area contributed by atoms with Crippen LogP contribution in [0.25, 0.3) is 0 Å². The lowest BCUT2D eigenvalue weighted by Crippen LogP contribution is -2.45. The van der Waals surface area contributed by atoms with Gasteiger partial charge in [-0.1, -0.05) is 13.3 Å². The summed E-state index contributed by atoms with van der Waals surface area (Å²) in [6.45, 7) is 6.39. The van der Waals surface area contributed by atoms with Gasteiger partial charge < -0.3 is 14.2 Å². The third-order valence-electron chi connectivity index (χ3n) is 3.76. The van der Waals surface area contributed by atoms with E-state index in [-0.39, 0.29) is 18.3 Å². The summed E-state index contributed by atoms with van der Waals surface area (Å²) in [5, 5.41) is 0. The molecule has 20 heavy (non-hydrogen) atoms. The first-order valence-electron chi connectivity index (χ1n) is 7.26. The fraction of sp³-hybridized carbons (Fsp3) is 0.667. The predicted molar refractivity (Wildman–Crippen MR) is 72.7 cm³/mol. The fourth-order valence-electron chi connectivity index (χ4n) is 2.83. The Morgan fingerprint density at radius 1 is 1.40 bits per heavy atom. The highest BCUT2D eigenvalue weighted by Crippen LogP contribution is 2.36. The van der Waals surface area contributed by atoms with Crippen LogP contribution in [0.3, 0.4) is 0 Å². The van der Waals surface area contributed by atoms with Gasteiger partial charge in [-0.15, -0.1) is 0 Å². The van der Waals surface area contributed by atoms with Crippen molar-refractivity contribution < 1.29 is 19.0 Å². The first-order chi connectivity index (χ1) is 9.48. The van der Waals surface area contributed by atoms with Crippen molar-refractivity contribution in [2.75, 3.05) is 6.54 Å². The molecule has 0 aromatic carbocycles. The number of ether oxygens (including phenoxy) is 3. The Morgan fingerprint density at radius 2 is 2.20 bits per heavy atom. The van der Waals surface area contributed by atoms with Crippen molar-refractivity contribution in [2.24, 2.45) is 0 Å². The van der Waals surface area contributed by atoms with Crippen LogP contribution in [0, 0.1) is 0 Å². The van der Waals surface area contributed by atoms with Crippen LogP contribution in [-0.2, 0) is 14.2 Å². The molecule has 110 valence electrons. The van der Waals surface area contributed by atoms with E-state index in [1.807, 2.05) is 26.0 Å². The number of rotatable bonds is 3. The molecule has 1 amide bonds. The molecular weight excluding hydrogens is 258 g/mol. The second-order valence-electron chi connectivity index (χ2n) is 5.92. The van der Waals surface area contributed by atoms with Crippen LogP contribution in [0.5, 0.6) is 0 Å². The number of nitrogens with zero attached hydrogens (tertiary/aromatic N) is 1. The fourth-order valence-corrected chi connectivity index (χ4v) is 2.83. The molecular formula is C15H21NO4. The Labute approximate surface area is 119 Å². The molecule has 3 rings (SSSR count). The molecule has 0 aromatic rings. The van der Waals surface area contributed by atoms with E-state index in [0.717, 1.165) is 30.7 Å². The van der Waals surface area contributed by atoms with E-state index in [1.165, 1.54) is 0 Å². The van der Waals surface area contributed by atoms with E-state index in [9.17, 15) is 4.79 Å². The first-order valence-corrected chi connectivity index (χ1v) is 7.26. The minimum atomic E-state index is -0.598. The van der Waals surface area contributed by atoms with E-state index >= 15 is 0 Å². The number of carbonyl (C=O) groups excluding carboxylic acids is 1. The summed E-state index contributed by atoms with van der Waals surface area (Å²) >= 11 is 0. The molecule has 0 aliphatic carbocycles. The zero-order valence-electron chi connectivity index (χ0n) is 12.2. The van der Waals surface area contributed by atoms with Gasteiger partial charge in [0.05, 0.1) is 6.54 Å². The van der Waals surface area contributed by atoms with Gasteiger partial charge in [-0.3, -0.25) is 4.90 Å². The molecule has 1 fully saturated rings. The molecule has 0 saturated carbocycles. The Kier molecular flexibility index (Phi) is 3.34. The molecule has 0 unspecified atom stereocenters. The van der Waals surface area contributed by atoms with Crippen molar-refractivity contribution in [3.63, 3.8) is 0 Å². The van der Waals surface area contributed by atoms with Gasteiger partial charge in [-0.2, -0.15) is 0 Å². The van der Waals surface area contributed by atoms with E-state index in [4.69, 9.17) is 14.2 Å². The molecule has 2 atom stereocenters. The van der Waals surface area contributed by atoms with Gasteiger partial charge in [0.25, 0.3) is 0 Å². The summed E-state index contributed by atoms with van der Waals surface area (Å²) < 4.78 is 17.0. The van der Waals surface area contributed by atoms with E-state index in [1.54, 1.807) is 4.90 Å². The van der Waals surface area contributed by atoms with E-state index < -0.39 is 5.79 Å². The van der Waals surface area contributed by atoms with Gasteiger partial charge in [-0.25, -0.2) is 4.79 Å². The smallest absolute Gasteiger partial charge is 0.414 e. The molecule has 0 aromatic heterocycles. The van der Waals surface area contributed by atoms with Crippen LogP contribution in [0.15, 0.2) is 23.6 Å². The van der Waals surface area contributed by atoms with E-state index in [0.29, 0.717) is 6.54 Å². The molecule has 0 bridgehead atoms. The van der Waals surface area contributed by atoms with Crippen molar-refractivity contribution in [3.05, 3.63) is 23.6 Å². The molecule has 3 aliphatic heterocycles. The highest BCUT2D eigenvalue weighted by molar-refractivity contribution is 5.74. The van der Waals surface area contributed by atoms with Crippen molar-refractivity contribution in [3.8, 4) is 0 Å². The quantitative estimate of drug-likeness (QED) is 0.797. The van der Waals surface area contributed by atoms with Crippen LogP contribution in [0.4, 0.5) is 4.79 Å². The normalized spacial score (nSPS) is 31.1. The predicted octanol–water partition coefficient (Wildman–Crippen LogP) is 2.93. The van der Waals surface area contributed by atoms with Crippen LogP contribution >= 0.6 is 0 Å². The Hall–Kier alpha value is -1.33. The van der Waals surface area contributed by atoms with E-state index in [2.05, 4.69) is 6.92 Å². The lowest BCUT2D eigenvalue weighted by atomic mass is 10.0. The van der Waals surface area contributed by atoms with Crippen LogP contribution in [-0.4, -0.2) is 35.5 Å². The third-order valence-corrected chi connectivity index (χ3v) is 3.76. The number of carbonyl (C=O) groups is 1. The highest BCUT2D eigenvalue weighted by atomic mass is 16.8. The summed E-state index contributed by atoms with van der Waals surface area (Å²) in [6.07, 6.45) is 6.29.